The lowest BCUT2D eigenvalue weighted by Gasteiger charge is -2.08. The van der Waals surface area contributed by atoms with Gasteiger partial charge in [0.1, 0.15) is 0 Å². The van der Waals surface area contributed by atoms with Crippen LogP contribution in [0.5, 0.6) is 0 Å². The largest absolute Gasteiger partial charge is 0.431 e. The lowest BCUT2D eigenvalue weighted by atomic mass is 10.2. The highest BCUT2D eigenvalue weighted by molar-refractivity contribution is 7.97. The number of hydrogen-bond donors (Lipinski definition) is 1. The Labute approximate surface area is 160 Å². The lowest BCUT2D eigenvalue weighted by Crippen LogP contribution is -2.23. The van der Waals surface area contributed by atoms with Crippen LogP contribution in [0.3, 0.4) is 0 Å². The molecule has 0 aliphatic rings. The van der Waals surface area contributed by atoms with Gasteiger partial charge in [0.2, 0.25) is 0 Å². The predicted molar refractivity (Wildman–Crippen MR) is 113 cm³/mol. The van der Waals surface area contributed by atoms with Crippen LogP contribution in [0.25, 0.3) is 0 Å². The first-order valence-corrected chi connectivity index (χ1v) is 13.1. The van der Waals surface area contributed by atoms with E-state index in [0.717, 1.165) is 5.56 Å². The van der Waals surface area contributed by atoms with E-state index in [-0.39, 0.29) is 10.9 Å². The monoisotopic (exact) mass is 375 g/mol. The van der Waals surface area contributed by atoms with Gasteiger partial charge in [-0.2, -0.15) is 0 Å². The fourth-order valence-corrected chi connectivity index (χ4v) is 5.16. The zero-order valence-electron chi connectivity index (χ0n) is 15.1. The van der Waals surface area contributed by atoms with Crippen molar-refractivity contribution in [3.63, 3.8) is 0 Å². The minimum Gasteiger partial charge on any atom is -0.431 e. The van der Waals surface area contributed by atoms with Crippen molar-refractivity contribution in [2.75, 3.05) is 0 Å². The van der Waals surface area contributed by atoms with Crippen molar-refractivity contribution in [1.29, 1.82) is 0 Å². The van der Waals surface area contributed by atoms with Crippen LogP contribution in [-0.4, -0.2) is 13.1 Å². The molecular formula is C23H23OSSi+. The Hall–Kier alpha value is -2.25. The predicted octanol–water partition coefficient (Wildman–Crippen LogP) is 5.33. The zero-order valence-corrected chi connectivity index (χ0v) is 17.0. The Morgan fingerprint density at radius 1 is 0.731 bits per heavy atom. The molecule has 1 nitrogen and oxygen atoms in total. The molecule has 3 heteroatoms. The maximum atomic E-state index is 9.90. The number of hydrogen-bond acceptors (Lipinski definition) is 1. The summed E-state index contributed by atoms with van der Waals surface area (Å²) >= 11 is 0. The van der Waals surface area contributed by atoms with E-state index in [1.54, 1.807) is 0 Å². The maximum Gasteiger partial charge on any atom is 0.194 e. The third-order valence-electron chi connectivity index (χ3n) is 3.80. The van der Waals surface area contributed by atoms with Gasteiger partial charge in [0, 0.05) is 11.6 Å². The minimum atomic E-state index is -2.10. The molecule has 0 bridgehead atoms. The molecule has 1 N–H and O–H groups in total. The quantitative estimate of drug-likeness (QED) is 0.371. The highest BCUT2D eigenvalue weighted by Crippen LogP contribution is 2.30. The SMILES string of the molecule is C[Si](C)(O)CC#Cc1ccc([S+](c2ccccc2)c2ccccc2)cc1. The van der Waals surface area contributed by atoms with E-state index < -0.39 is 8.32 Å². The smallest absolute Gasteiger partial charge is 0.194 e. The van der Waals surface area contributed by atoms with Gasteiger partial charge in [0.15, 0.2) is 23.0 Å². The first kappa shape index (κ1) is 18.5. The molecule has 3 aromatic rings. The van der Waals surface area contributed by atoms with E-state index in [0.29, 0.717) is 6.04 Å². The maximum absolute atomic E-state index is 9.90. The van der Waals surface area contributed by atoms with Gasteiger partial charge in [-0.05, 0) is 61.6 Å². The second-order valence-electron chi connectivity index (χ2n) is 6.75. The van der Waals surface area contributed by atoms with Crippen LogP contribution < -0.4 is 0 Å². The number of rotatable bonds is 4. The molecule has 0 amide bonds. The highest BCUT2D eigenvalue weighted by atomic mass is 32.2. The van der Waals surface area contributed by atoms with Gasteiger partial charge in [0.05, 0.1) is 10.9 Å². The Morgan fingerprint density at radius 3 is 1.65 bits per heavy atom. The van der Waals surface area contributed by atoms with Gasteiger partial charge in [-0.1, -0.05) is 48.2 Å². The van der Waals surface area contributed by atoms with E-state index in [1.165, 1.54) is 14.7 Å². The first-order chi connectivity index (χ1) is 12.5. The summed E-state index contributed by atoms with van der Waals surface area (Å²) in [6.45, 7) is 3.83. The van der Waals surface area contributed by atoms with Crippen LogP contribution >= 0.6 is 0 Å². The molecule has 0 heterocycles. The summed E-state index contributed by atoms with van der Waals surface area (Å²) in [5, 5.41) is 0. The molecule has 0 aromatic heterocycles. The van der Waals surface area contributed by atoms with Crippen LogP contribution in [0.1, 0.15) is 5.56 Å². The van der Waals surface area contributed by atoms with Crippen molar-refractivity contribution in [2.24, 2.45) is 0 Å². The van der Waals surface area contributed by atoms with E-state index in [2.05, 4.69) is 96.8 Å². The molecule has 0 saturated carbocycles. The molecular weight excluding hydrogens is 352 g/mol. The Kier molecular flexibility index (Phi) is 6.00. The normalized spacial score (nSPS) is 11.1. The third kappa shape index (κ3) is 5.12. The third-order valence-corrected chi connectivity index (χ3v) is 7.07. The number of benzene rings is 3. The fourth-order valence-electron chi connectivity index (χ4n) is 2.56. The van der Waals surface area contributed by atoms with E-state index in [1.807, 2.05) is 13.1 Å². The summed E-state index contributed by atoms with van der Waals surface area (Å²) < 4.78 is 0. The van der Waals surface area contributed by atoms with Gasteiger partial charge in [0.25, 0.3) is 0 Å². The minimum absolute atomic E-state index is 0.124. The van der Waals surface area contributed by atoms with Crippen LogP contribution in [0.2, 0.25) is 19.1 Å². The van der Waals surface area contributed by atoms with Crippen molar-refractivity contribution in [3.8, 4) is 11.8 Å². The molecule has 3 aromatic carbocycles. The van der Waals surface area contributed by atoms with Crippen molar-refractivity contribution >= 4 is 19.2 Å². The topological polar surface area (TPSA) is 20.2 Å². The van der Waals surface area contributed by atoms with Gasteiger partial charge in [-0.15, -0.1) is 0 Å². The molecule has 0 radical (unpaired) electrons. The second-order valence-corrected chi connectivity index (χ2v) is 12.8. The molecule has 0 saturated heterocycles. The molecule has 26 heavy (non-hydrogen) atoms. The van der Waals surface area contributed by atoms with Crippen LogP contribution in [0.4, 0.5) is 0 Å². The molecule has 0 unspecified atom stereocenters. The molecule has 0 fully saturated rings. The highest BCUT2D eigenvalue weighted by Gasteiger charge is 2.27. The molecule has 130 valence electrons. The molecule has 0 atom stereocenters. The molecule has 3 rings (SSSR count). The van der Waals surface area contributed by atoms with Crippen LogP contribution in [0, 0.1) is 11.8 Å². The van der Waals surface area contributed by atoms with E-state index in [4.69, 9.17) is 0 Å². The lowest BCUT2D eigenvalue weighted by molar-refractivity contribution is 0.555. The van der Waals surface area contributed by atoms with Crippen molar-refractivity contribution in [3.05, 3.63) is 90.5 Å². The molecule has 0 spiro atoms. The van der Waals surface area contributed by atoms with Crippen LogP contribution in [0.15, 0.2) is 99.6 Å². The second kappa shape index (κ2) is 8.42. The average molecular weight is 376 g/mol. The van der Waals surface area contributed by atoms with Crippen molar-refractivity contribution in [1.82, 2.24) is 0 Å². The van der Waals surface area contributed by atoms with E-state index >= 15 is 0 Å². The summed E-state index contributed by atoms with van der Waals surface area (Å²) in [6.07, 6.45) is 0. The molecule has 0 aliphatic heterocycles. The van der Waals surface area contributed by atoms with E-state index in [9.17, 15) is 4.80 Å². The van der Waals surface area contributed by atoms with Gasteiger partial charge >= 0.3 is 0 Å². The Morgan fingerprint density at radius 2 is 1.19 bits per heavy atom. The van der Waals surface area contributed by atoms with Gasteiger partial charge < -0.3 is 4.80 Å². The summed E-state index contributed by atoms with van der Waals surface area (Å²) in [4.78, 5) is 13.8. The van der Waals surface area contributed by atoms with Crippen LogP contribution in [-0.2, 0) is 10.9 Å². The summed E-state index contributed by atoms with van der Waals surface area (Å²) in [5.41, 5.74) is 0.997. The van der Waals surface area contributed by atoms with Gasteiger partial charge in [-0.25, -0.2) is 0 Å². The zero-order chi connectivity index (χ0) is 18.4. The average Bonchev–Trinajstić information content (AvgIpc) is 2.64. The fraction of sp³-hybridized carbons (Fsp3) is 0.130. The van der Waals surface area contributed by atoms with Gasteiger partial charge in [-0.3, -0.25) is 0 Å². The van der Waals surface area contributed by atoms with Crippen molar-refractivity contribution < 1.29 is 4.80 Å². The molecule has 0 aliphatic carbocycles. The Balaban J connectivity index is 1.91. The standard InChI is InChI=1S/C23H23OSSi/c1-26(2,24)19-9-10-20-15-17-23(18-16-20)25(21-11-5-3-6-12-21)22-13-7-4-8-14-22/h3-8,11-18,24H,19H2,1-2H3/q+1. The first-order valence-electron chi connectivity index (χ1n) is 8.69. The Bertz CT molecular complexity index is 849. The summed E-state index contributed by atoms with van der Waals surface area (Å²) in [5.74, 6) is 6.29. The summed E-state index contributed by atoms with van der Waals surface area (Å²) in [6, 6.07) is 30.4. The summed E-state index contributed by atoms with van der Waals surface area (Å²) in [7, 11) is -2.22. The van der Waals surface area contributed by atoms with Crippen molar-refractivity contribution in [2.45, 2.75) is 33.8 Å².